The second-order valence-electron chi connectivity index (χ2n) is 5.79. The summed E-state index contributed by atoms with van der Waals surface area (Å²) in [6, 6.07) is 11.1. The fraction of sp³-hybridized carbons (Fsp3) is 0.105. The largest absolute Gasteiger partial charge is 0.868 e. The predicted molar refractivity (Wildman–Crippen MR) is 89.4 cm³/mol. The van der Waals surface area contributed by atoms with Crippen LogP contribution in [-0.4, -0.2) is 27.9 Å². The maximum atomic E-state index is 12.5. The van der Waals surface area contributed by atoms with E-state index in [1.54, 1.807) is 30.3 Å². The highest BCUT2D eigenvalue weighted by Gasteiger charge is 2.39. The normalized spacial score (nSPS) is 16.9. The van der Waals surface area contributed by atoms with Gasteiger partial charge in [0, 0.05) is 17.3 Å². The Hall–Kier alpha value is -3.61. The number of carbonyl (C=O) groups is 3. The Morgan fingerprint density at radius 1 is 1.12 bits per heavy atom. The average Bonchev–Trinajstić information content (AvgIpc) is 2.87. The lowest BCUT2D eigenvalue weighted by molar-refractivity contribution is -0.298. The van der Waals surface area contributed by atoms with Gasteiger partial charge in [0.2, 0.25) is 5.91 Å². The molecule has 1 aliphatic rings. The number of ketones is 1. The van der Waals surface area contributed by atoms with Crippen molar-refractivity contribution in [1.29, 1.82) is 0 Å². The summed E-state index contributed by atoms with van der Waals surface area (Å²) in [7, 11) is 0. The van der Waals surface area contributed by atoms with Crippen LogP contribution in [0.2, 0.25) is 0 Å². The van der Waals surface area contributed by atoms with E-state index in [9.17, 15) is 24.6 Å². The molecule has 0 aromatic heterocycles. The van der Waals surface area contributed by atoms with Crippen molar-refractivity contribution in [2.45, 2.75) is 13.0 Å². The number of benzene rings is 2. The van der Waals surface area contributed by atoms with Gasteiger partial charge >= 0.3 is 5.97 Å². The van der Waals surface area contributed by atoms with E-state index >= 15 is 0 Å². The molecule has 3 rings (SSSR count). The number of aromatic hydroxyl groups is 1. The van der Waals surface area contributed by atoms with E-state index in [1.807, 2.05) is 0 Å². The van der Waals surface area contributed by atoms with Gasteiger partial charge in [-0.25, -0.2) is 4.79 Å². The third-order valence-electron chi connectivity index (χ3n) is 4.17. The van der Waals surface area contributed by atoms with E-state index in [4.69, 9.17) is 5.11 Å². The molecule has 1 amide bonds. The number of carbonyl (C=O) groups excluding carboxylic acids is 2. The number of phenols is 1. The minimum atomic E-state index is -1.33. The molecule has 7 heteroatoms. The molecule has 132 valence electrons. The molecule has 0 radical (unpaired) electrons. The van der Waals surface area contributed by atoms with Crippen molar-refractivity contribution in [3.8, 4) is 5.75 Å². The van der Waals surface area contributed by atoms with Crippen LogP contribution in [0.5, 0.6) is 5.75 Å². The highest BCUT2D eigenvalue weighted by molar-refractivity contribution is 6.15. The zero-order valence-corrected chi connectivity index (χ0v) is 13.7. The molecule has 0 fully saturated rings. The van der Waals surface area contributed by atoms with Gasteiger partial charge in [0.1, 0.15) is 11.3 Å². The summed E-state index contributed by atoms with van der Waals surface area (Å²) >= 11 is 0. The number of rotatable bonds is 4. The van der Waals surface area contributed by atoms with Gasteiger partial charge in [-0.15, -0.1) is 0 Å². The third-order valence-corrected chi connectivity index (χ3v) is 4.17. The summed E-state index contributed by atoms with van der Waals surface area (Å²) in [5.41, 5.74) is 0.177. The van der Waals surface area contributed by atoms with Crippen LogP contribution >= 0.6 is 0 Å². The van der Waals surface area contributed by atoms with Crippen molar-refractivity contribution in [2.24, 2.45) is 0 Å². The fourth-order valence-corrected chi connectivity index (χ4v) is 3.02. The van der Waals surface area contributed by atoms with Gasteiger partial charge in [-0.2, -0.15) is 0 Å². The summed E-state index contributed by atoms with van der Waals surface area (Å²) in [6.07, 6.45) is 0. The summed E-state index contributed by atoms with van der Waals surface area (Å²) in [5, 5.41) is 31.3. The Morgan fingerprint density at radius 2 is 1.77 bits per heavy atom. The Labute approximate surface area is 148 Å². The van der Waals surface area contributed by atoms with Crippen molar-refractivity contribution in [3.05, 3.63) is 71.0 Å². The van der Waals surface area contributed by atoms with Crippen molar-refractivity contribution in [3.63, 3.8) is 0 Å². The van der Waals surface area contributed by atoms with Gasteiger partial charge in [-0.1, -0.05) is 30.3 Å². The average molecular weight is 352 g/mol. The van der Waals surface area contributed by atoms with Crippen molar-refractivity contribution >= 4 is 23.3 Å². The van der Waals surface area contributed by atoms with Crippen molar-refractivity contribution in [2.75, 3.05) is 4.90 Å². The smallest absolute Gasteiger partial charge is 0.339 e. The highest BCUT2D eigenvalue weighted by Crippen LogP contribution is 2.41. The number of carboxylic acid groups (broad SMARTS) is 1. The Kier molecular flexibility index (Phi) is 4.21. The molecule has 26 heavy (non-hydrogen) atoms. The standard InChI is InChI=1S/C19H15NO6/c1-10(21)15-16(11-5-3-2-4-6-11)20(18(24)17(15)23)12-7-8-13(19(25)26)14(22)9-12/h2-9,16,22-23H,1H3,(H,25,26)/p-1/t16-/m0/s1. The number of amides is 1. The maximum Gasteiger partial charge on any atom is 0.339 e. The maximum absolute atomic E-state index is 12.5. The fourth-order valence-electron chi connectivity index (χ4n) is 3.02. The van der Waals surface area contributed by atoms with Gasteiger partial charge in [0.15, 0.2) is 5.78 Å². The minimum Gasteiger partial charge on any atom is -0.868 e. The number of anilines is 1. The molecule has 2 aromatic rings. The van der Waals surface area contributed by atoms with E-state index in [-0.39, 0.29) is 16.8 Å². The molecule has 0 aliphatic carbocycles. The first-order chi connectivity index (χ1) is 12.3. The van der Waals surface area contributed by atoms with Crippen molar-refractivity contribution < 1.29 is 29.7 Å². The molecule has 1 aliphatic heterocycles. The molecule has 7 nitrogen and oxygen atoms in total. The summed E-state index contributed by atoms with van der Waals surface area (Å²) in [5.74, 6) is -4.21. The van der Waals surface area contributed by atoms with Crippen LogP contribution in [0.15, 0.2) is 59.9 Å². The molecule has 0 unspecified atom stereocenters. The van der Waals surface area contributed by atoms with Gasteiger partial charge in [-0.3, -0.25) is 14.5 Å². The van der Waals surface area contributed by atoms with Gasteiger partial charge in [-0.05, 0) is 30.4 Å². The van der Waals surface area contributed by atoms with E-state index < -0.39 is 35.2 Å². The van der Waals surface area contributed by atoms with Gasteiger partial charge in [0.25, 0.3) is 0 Å². The number of hydrogen-bond acceptors (Lipinski definition) is 5. The van der Waals surface area contributed by atoms with E-state index in [1.165, 1.54) is 13.0 Å². The SMILES string of the molecule is CC(=O)C1=C([O-])C(=O)N(c2ccc(C(=O)O)c(O)c2)[C@H]1c1ccccc1. The zero-order valence-electron chi connectivity index (χ0n) is 13.7. The summed E-state index contributed by atoms with van der Waals surface area (Å²) in [4.78, 5) is 36.7. The van der Waals surface area contributed by atoms with Crippen LogP contribution in [-0.2, 0) is 9.59 Å². The first kappa shape index (κ1) is 17.2. The first-order valence-electron chi connectivity index (χ1n) is 7.70. The van der Waals surface area contributed by atoms with Gasteiger partial charge < -0.3 is 15.3 Å². The topological polar surface area (TPSA) is 118 Å². The number of Topliss-reactive ketones (excluding diaryl/α,β-unsaturated/α-hetero) is 1. The third kappa shape index (κ3) is 2.69. The quantitative estimate of drug-likeness (QED) is 0.858. The van der Waals surface area contributed by atoms with E-state index in [2.05, 4.69) is 0 Å². The van der Waals surface area contributed by atoms with Crippen LogP contribution in [0.1, 0.15) is 28.9 Å². The Bertz CT molecular complexity index is 948. The number of hydrogen-bond donors (Lipinski definition) is 2. The lowest BCUT2D eigenvalue weighted by atomic mass is 9.96. The molecule has 0 saturated carbocycles. The van der Waals surface area contributed by atoms with E-state index in [0.717, 1.165) is 17.0 Å². The lowest BCUT2D eigenvalue weighted by Gasteiger charge is -2.27. The lowest BCUT2D eigenvalue weighted by Crippen LogP contribution is -2.32. The van der Waals surface area contributed by atoms with E-state index in [0.29, 0.717) is 5.56 Å². The van der Waals surface area contributed by atoms with Gasteiger partial charge in [0.05, 0.1) is 6.04 Å². The number of carboxylic acids is 1. The molecule has 0 bridgehead atoms. The van der Waals surface area contributed by atoms with Crippen LogP contribution in [0.4, 0.5) is 5.69 Å². The number of aromatic carboxylic acids is 1. The second-order valence-corrected chi connectivity index (χ2v) is 5.79. The summed E-state index contributed by atoms with van der Waals surface area (Å²) in [6.45, 7) is 1.21. The molecule has 2 aromatic carbocycles. The second kappa shape index (κ2) is 6.36. The van der Waals surface area contributed by atoms with Crippen molar-refractivity contribution in [1.82, 2.24) is 0 Å². The first-order valence-corrected chi connectivity index (χ1v) is 7.70. The predicted octanol–water partition coefficient (Wildman–Crippen LogP) is 1.38. The Morgan fingerprint density at radius 3 is 2.31 bits per heavy atom. The van der Waals surface area contributed by atoms with Crippen LogP contribution in [0, 0.1) is 0 Å². The minimum absolute atomic E-state index is 0.121. The molecular formula is C19H14NO6-. The zero-order chi connectivity index (χ0) is 19.0. The molecule has 1 atom stereocenters. The monoisotopic (exact) mass is 352 g/mol. The summed E-state index contributed by atoms with van der Waals surface area (Å²) < 4.78 is 0. The number of nitrogens with zero attached hydrogens (tertiary/aromatic N) is 1. The van der Waals surface area contributed by atoms with Crippen LogP contribution < -0.4 is 10.0 Å². The molecule has 0 spiro atoms. The van der Waals surface area contributed by atoms with Crippen LogP contribution in [0.3, 0.4) is 0 Å². The molecule has 0 saturated heterocycles. The van der Waals surface area contributed by atoms with Crippen LogP contribution in [0.25, 0.3) is 0 Å². The molecule has 1 heterocycles. The molecule has 2 N–H and O–H groups in total. The molecular weight excluding hydrogens is 338 g/mol. The Balaban J connectivity index is 2.17. The highest BCUT2D eigenvalue weighted by atomic mass is 16.4.